The number of nitrogens with zero attached hydrogens (tertiary/aromatic N) is 1. The van der Waals surface area contributed by atoms with Crippen LogP contribution in [0, 0.1) is 10.1 Å². The van der Waals surface area contributed by atoms with Crippen molar-refractivity contribution in [2.24, 2.45) is 0 Å². The van der Waals surface area contributed by atoms with Gasteiger partial charge in [-0.2, -0.15) is 8.42 Å². The number of hydrogen-bond donors (Lipinski definition) is 0. The van der Waals surface area contributed by atoms with Gasteiger partial charge in [0, 0.05) is 19.2 Å². The number of methoxy groups -OCH3 is 1. The lowest BCUT2D eigenvalue weighted by atomic mass is 10.1. The van der Waals surface area contributed by atoms with Crippen LogP contribution in [-0.4, -0.2) is 27.1 Å². The molecule has 0 spiro atoms. The molecule has 0 heterocycles. The number of non-ortho nitro benzene ring substituents is 1. The molecule has 0 aliphatic rings. The van der Waals surface area contributed by atoms with E-state index in [-0.39, 0.29) is 16.3 Å². The van der Waals surface area contributed by atoms with E-state index >= 15 is 0 Å². The van der Waals surface area contributed by atoms with Crippen LogP contribution < -0.4 is 4.18 Å². The van der Waals surface area contributed by atoms with Crippen LogP contribution in [0.4, 0.5) is 5.69 Å². The SMILES string of the molecule is COCCc1ccc(OS(=O)(=O)c2ccc([N+](=O)[O-])cc2)cc1. The van der Waals surface area contributed by atoms with E-state index in [4.69, 9.17) is 8.92 Å². The number of rotatable bonds is 7. The molecule has 0 saturated heterocycles. The van der Waals surface area contributed by atoms with Gasteiger partial charge < -0.3 is 8.92 Å². The smallest absolute Gasteiger partial charge is 0.339 e. The van der Waals surface area contributed by atoms with E-state index in [1.54, 1.807) is 31.4 Å². The van der Waals surface area contributed by atoms with Crippen LogP contribution in [0.1, 0.15) is 5.56 Å². The summed E-state index contributed by atoms with van der Waals surface area (Å²) in [6.07, 6.45) is 0.714. The zero-order valence-corrected chi connectivity index (χ0v) is 13.2. The Morgan fingerprint density at radius 3 is 2.17 bits per heavy atom. The van der Waals surface area contributed by atoms with Crippen molar-refractivity contribution in [3.05, 3.63) is 64.2 Å². The second-order valence-corrected chi connectivity index (χ2v) is 6.22. The Labute approximate surface area is 133 Å². The maximum atomic E-state index is 12.1. The highest BCUT2D eigenvalue weighted by Gasteiger charge is 2.18. The molecule has 2 aromatic rings. The summed E-state index contributed by atoms with van der Waals surface area (Å²) in [6, 6.07) is 11.1. The molecule has 2 aromatic carbocycles. The number of ether oxygens (including phenoxy) is 1. The molecule has 122 valence electrons. The highest BCUT2D eigenvalue weighted by molar-refractivity contribution is 7.87. The molecule has 0 amide bonds. The summed E-state index contributed by atoms with van der Waals surface area (Å²) in [4.78, 5) is 9.83. The van der Waals surface area contributed by atoms with Gasteiger partial charge in [-0.15, -0.1) is 0 Å². The topological polar surface area (TPSA) is 95.7 Å². The quantitative estimate of drug-likeness (QED) is 0.438. The van der Waals surface area contributed by atoms with E-state index in [9.17, 15) is 18.5 Å². The molecule has 8 heteroatoms. The minimum absolute atomic E-state index is 0.147. The van der Waals surface area contributed by atoms with Gasteiger partial charge in [0.25, 0.3) is 5.69 Å². The van der Waals surface area contributed by atoms with Gasteiger partial charge in [-0.3, -0.25) is 10.1 Å². The molecule has 23 heavy (non-hydrogen) atoms. The van der Waals surface area contributed by atoms with Crippen molar-refractivity contribution in [1.82, 2.24) is 0 Å². The zero-order chi connectivity index (χ0) is 16.9. The Balaban J connectivity index is 2.12. The number of hydrogen-bond acceptors (Lipinski definition) is 6. The van der Waals surface area contributed by atoms with Gasteiger partial charge >= 0.3 is 10.1 Å². The lowest BCUT2D eigenvalue weighted by Gasteiger charge is -2.08. The van der Waals surface area contributed by atoms with Crippen LogP contribution >= 0.6 is 0 Å². The fraction of sp³-hybridized carbons (Fsp3) is 0.200. The lowest BCUT2D eigenvalue weighted by Crippen LogP contribution is -2.09. The van der Waals surface area contributed by atoms with Crippen molar-refractivity contribution >= 4 is 15.8 Å². The summed E-state index contributed by atoms with van der Waals surface area (Å²) in [7, 11) is -2.43. The molecular formula is C15H15NO6S. The standard InChI is InChI=1S/C15H15NO6S/c1-21-11-10-12-2-6-14(7-3-12)22-23(19,20)15-8-4-13(5-9-15)16(17)18/h2-9H,10-11H2,1H3. The molecule has 7 nitrogen and oxygen atoms in total. The molecule has 0 bridgehead atoms. The first-order valence-electron chi connectivity index (χ1n) is 6.69. The van der Waals surface area contributed by atoms with Crippen LogP contribution in [0.15, 0.2) is 53.4 Å². The van der Waals surface area contributed by atoms with Crippen molar-refractivity contribution in [3.8, 4) is 5.75 Å². The van der Waals surface area contributed by atoms with Gasteiger partial charge in [-0.25, -0.2) is 0 Å². The van der Waals surface area contributed by atoms with Crippen molar-refractivity contribution in [2.75, 3.05) is 13.7 Å². The van der Waals surface area contributed by atoms with E-state index in [2.05, 4.69) is 0 Å². The van der Waals surface area contributed by atoms with Gasteiger partial charge in [-0.05, 0) is 36.2 Å². The second kappa shape index (κ2) is 7.21. The van der Waals surface area contributed by atoms with Gasteiger partial charge in [0.15, 0.2) is 0 Å². The minimum Gasteiger partial charge on any atom is -0.384 e. The van der Waals surface area contributed by atoms with Gasteiger partial charge in [0.2, 0.25) is 0 Å². The highest BCUT2D eigenvalue weighted by atomic mass is 32.2. The van der Waals surface area contributed by atoms with E-state index in [0.717, 1.165) is 29.8 Å². The molecule has 0 fully saturated rings. The first-order chi connectivity index (χ1) is 10.9. The molecule has 0 saturated carbocycles. The van der Waals surface area contributed by atoms with Crippen LogP contribution in [0.3, 0.4) is 0 Å². The zero-order valence-electron chi connectivity index (χ0n) is 12.3. The van der Waals surface area contributed by atoms with Crippen LogP contribution in [0.2, 0.25) is 0 Å². The molecule has 0 aliphatic carbocycles. The Bertz CT molecular complexity index is 769. The first kappa shape index (κ1) is 16.9. The summed E-state index contributed by atoms with van der Waals surface area (Å²) in [5.74, 6) is 0.171. The normalized spacial score (nSPS) is 11.2. The number of nitro benzene ring substituents is 1. The highest BCUT2D eigenvalue weighted by Crippen LogP contribution is 2.21. The van der Waals surface area contributed by atoms with Crippen LogP contribution in [0.5, 0.6) is 5.75 Å². The summed E-state index contributed by atoms with van der Waals surface area (Å²) >= 11 is 0. The third-order valence-corrected chi connectivity index (χ3v) is 4.32. The molecule has 0 unspecified atom stereocenters. The molecular weight excluding hydrogens is 322 g/mol. The summed E-state index contributed by atoms with van der Waals surface area (Å²) < 4.78 is 34.2. The average Bonchev–Trinajstić information content (AvgIpc) is 2.54. The Hall–Kier alpha value is -2.45. The molecule has 0 N–H and O–H groups in total. The van der Waals surface area contributed by atoms with Gasteiger partial charge in [0.1, 0.15) is 10.6 Å². The van der Waals surface area contributed by atoms with Crippen molar-refractivity contribution in [3.63, 3.8) is 0 Å². The van der Waals surface area contributed by atoms with Crippen molar-refractivity contribution < 1.29 is 22.3 Å². The fourth-order valence-electron chi connectivity index (χ4n) is 1.84. The van der Waals surface area contributed by atoms with Crippen molar-refractivity contribution in [2.45, 2.75) is 11.3 Å². The largest absolute Gasteiger partial charge is 0.384 e. The van der Waals surface area contributed by atoms with Crippen LogP contribution in [-0.2, 0) is 21.3 Å². The third kappa shape index (κ3) is 4.51. The average molecular weight is 337 g/mol. The minimum atomic E-state index is -4.03. The Morgan fingerprint density at radius 1 is 1.04 bits per heavy atom. The Morgan fingerprint density at radius 2 is 1.65 bits per heavy atom. The third-order valence-electron chi connectivity index (χ3n) is 3.06. The Kier molecular flexibility index (Phi) is 5.30. The number of nitro groups is 1. The summed E-state index contributed by atoms with van der Waals surface area (Å²) in [6.45, 7) is 0.571. The molecule has 2 rings (SSSR count). The maximum absolute atomic E-state index is 12.1. The van der Waals surface area contributed by atoms with E-state index in [1.807, 2.05) is 0 Å². The van der Waals surface area contributed by atoms with Gasteiger partial charge in [0.05, 0.1) is 11.5 Å². The predicted molar refractivity (Wildman–Crippen MR) is 82.9 cm³/mol. The lowest BCUT2D eigenvalue weighted by molar-refractivity contribution is -0.384. The molecule has 0 atom stereocenters. The summed E-state index contributed by atoms with van der Waals surface area (Å²) in [5, 5.41) is 10.6. The monoisotopic (exact) mass is 337 g/mol. The van der Waals surface area contributed by atoms with Crippen molar-refractivity contribution in [1.29, 1.82) is 0 Å². The van der Waals surface area contributed by atoms with E-state index in [0.29, 0.717) is 13.0 Å². The fourth-order valence-corrected chi connectivity index (χ4v) is 2.77. The number of benzene rings is 2. The molecule has 0 radical (unpaired) electrons. The maximum Gasteiger partial charge on any atom is 0.339 e. The molecule has 0 aromatic heterocycles. The molecule has 0 aliphatic heterocycles. The van der Waals surface area contributed by atoms with E-state index < -0.39 is 15.0 Å². The van der Waals surface area contributed by atoms with E-state index in [1.165, 1.54) is 0 Å². The first-order valence-corrected chi connectivity index (χ1v) is 8.10. The second-order valence-electron chi connectivity index (χ2n) is 4.68. The predicted octanol–water partition coefficient (Wildman–Crippen LogP) is 2.55. The van der Waals surface area contributed by atoms with Gasteiger partial charge in [-0.1, -0.05) is 12.1 Å². The summed E-state index contributed by atoms with van der Waals surface area (Å²) in [5.41, 5.74) is 0.804. The van der Waals surface area contributed by atoms with Crippen LogP contribution in [0.25, 0.3) is 0 Å².